The van der Waals surface area contributed by atoms with E-state index >= 15 is 0 Å². The van der Waals surface area contributed by atoms with E-state index in [1.165, 1.54) is 5.56 Å². The van der Waals surface area contributed by atoms with Crippen molar-refractivity contribution in [3.05, 3.63) is 35.4 Å². The molecule has 4 aliphatic rings. The van der Waals surface area contributed by atoms with Crippen molar-refractivity contribution in [3.63, 3.8) is 0 Å². The maximum Gasteiger partial charge on any atom is 0.233 e. The van der Waals surface area contributed by atoms with Crippen molar-refractivity contribution < 1.29 is 14.3 Å². The minimum atomic E-state index is -0.547. The number of carbonyl (C=O) groups is 2. The fourth-order valence-corrected chi connectivity index (χ4v) is 5.09. The second-order valence-corrected chi connectivity index (χ2v) is 8.01. The number of benzene rings is 1. The van der Waals surface area contributed by atoms with E-state index in [9.17, 15) is 9.59 Å². The van der Waals surface area contributed by atoms with E-state index in [0.717, 1.165) is 37.8 Å². The summed E-state index contributed by atoms with van der Waals surface area (Å²) in [4.78, 5) is 29.8. The quantitative estimate of drug-likeness (QED) is 0.827. The van der Waals surface area contributed by atoms with Crippen LogP contribution in [0.4, 0.5) is 0 Å². The number of aryl methyl sites for hydroxylation is 1. The number of hydrogen-bond acceptors (Lipinski definition) is 3. The number of likely N-dealkylation sites (tertiary alicyclic amines) is 1. The van der Waals surface area contributed by atoms with Crippen LogP contribution in [0.2, 0.25) is 0 Å². The number of nitrogens with zero attached hydrogens (tertiary/aromatic N) is 2. The fraction of sp³-hybridized carbons (Fsp3) is 0.600. The molecule has 0 aromatic heterocycles. The molecule has 2 amide bonds. The van der Waals surface area contributed by atoms with Crippen LogP contribution in [0, 0.1) is 6.92 Å². The van der Waals surface area contributed by atoms with Crippen LogP contribution in [0.25, 0.3) is 0 Å². The summed E-state index contributed by atoms with van der Waals surface area (Å²) in [6.07, 6.45) is 3.86. The monoisotopic (exact) mass is 340 g/mol. The Hall–Kier alpha value is -1.88. The minimum absolute atomic E-state index is 0.115. The van der Waals surface area contributed by atoms with Gasteiger partial charge < -0.3 is 14.5 Å². The van der Waals surface area contributed by atoms with E-state index in [2.05, 4.69) is 31.2 Å². The molecule has 5 rings (SSSR count). The molecule has 1 aromatic rings. The second kappa shape index (κ2) is 5.07. The fourth-order valence-electron chi connectivity index (χ4n) is 5.09. The van der Waals surface area contributed by atoms with Crippen LogP contribution in [-0.2, 0) is 19.7 Å². The average molecular weight is 340 g/mol. The highest BCUT2D eigenvalue weighted by Gasteiger charge is 2.64. The van der Waals surface area contributed by atoms with E-state index < -0.39 is 5.72 Å². The maximum atomic E-state index is 13.5. The van der Waals surface area contributed by atoms with E-state index in [-0.39, 0.29) is 23.3 Å². The minimum Gasteiger partial charge on any atom is -0.353 e. The van der Waals surface area contributed by atoms with Crippen LogP contribution in [0.1, 0.15) is 43.2 Å². The summed E-state index contributed by atoms with van der Waals surface area (Å²) >= 11 is 0. The lowest BCUT2D eigenvalue weighted by molar-refractivity contribution is -0.182. The van der Waals surface area contributed by atoms with Crippen molar-refractivity contribution in [3.8, 4) is 0 Å². The van der Waals surface area contributed by atoms with Gasteiger partial charge in [-0.15, -0.1) is 0 Å². The Kier molecular flexibility index (Phi) is 3.12. The molecule has 3 aliphatic heterocycles. The van der Waals surface area contributed by atoms with Gasteiger partial charge in [0, 0.05) is 19.5 Å². The molecule has 3 saturated heterocycles. The summed E-state index contributed by atoms with van der Waals surface area (Å²) in [6, 6.07) is 8.24. The van der Waals surface area contributed by atoms with Crippen molar-refractivity contribution >= 4 is 11.8 Å². The summed E-state index contributed by atoms with van der Waals surface area (Å²) in [5.41, 5.74) is 1.41. The molecule has 5 nitrogen and oxygen atoms in total. The van der Waals surface area contributed by atoms with Crippen LogP contribution < -0.4 is 0 Å². The first-order valence-electron chi connectivity index (χ1n) is 9.40. The zero-order chi connectivity index (χ0) is 17.2. The van der Waals surface area contributed by atoms with E-state index in [0.29, 0.717) is 19.6 Å². The van der Waals surface area contributed by atoms with Gasteiger partial charge in [0.2, 0.25) is 11.8 Å². The molecule has 3 heterocycles. The SMILES string of the molecule is Cc1ccc(C2(C(=O)N3CC[C@@]45OCCCN4C(=O)C[C@@H]35)CC2)cc1. The van der Waals surface area contributed by atoms with Gasteiger partial charge in [0.25, 0.3) is 0 Å². The van der Waals surface area contributed by atoms with Crippen LogP contribution in [0.5, 0.6) is 0 Å². The molecule has 4 fully saturated rings. The second-order valence-electron chi connectivity index (χ2n) is 8.01. The number of ether oxygens (including phenoxy) is 1. The Morgan fingerprint density at radius 1 is 1.16 bits per heavy atom. The summed E-state index contributed by atoms with van der Waals surface area (Å²) in [5, 5.41) is 0. The van der Waals surface area contributed by atoms with Crippen LogP contribution in [0.15, 0.2) is 24.3 Å². The lowest BCUT2D eigenvalue weighted by Crippen LogP contribution is -2.57. The number of hydrogen-bond donors (Lipinski definition) is 0. The van der Waals surface area contributed by atoms with Gasteiger partial charge in [0.1, 0.15) is 0 Å². The molecule has 2 atom stereocenters. The van der Waals surface area contributed by atoms with Crippen molar-refractivity contribution in [1.82, 2.24) is 9.80 Å². The molecule has 0 radical (unpaired) electrons. The maximum absolute atomic E-state index is 13.5. The largest absolute Gasteiger partial charge is 0.353 e. The Morgan fingerprint density at radius 2 is 1.92 bits per heavy atom. The molecular formula is C20H24N2O3. The number of amides is 2. The van der Waals surface area contributed by atoms with Gasteiger partial charge in [-0.2, -0.15) is 0 Å². The summed E-state index contributed by atoms with van der Waals surface area (Å²) < 4.78 is 6.13. The molecule has 0 N–H and O–H groups in total. The Balaban J connectivity index is 1.45. The van der Waals surface area contributed by atoms with Gasteiger partial charge >= 0.3 is 0 Å². The van der Waals surface area contributed by atoms with Gasteiger partial charge in [-0.05, 0) is 31.7 Å². The van der Waals surface area contributed by atoms with Crippen molar-refractivity contribution in [2.45, 2.75) is 56.2 Å². The molecule has 25 heavy (non-hydrogen) atoms. The highest BCUT2D eigenvalue weighted by Crippen LogP contribution is 2.53. The lowest BCUT2D eigenvalue weighted by atomic mass is 9.93. The first kappa shape index (κ1) is 15.4. The highest BCUT2D eigenvalue weighted by molar-refractivity contribution is 5.93. The zero-order valence-electron chi connectivity index (χ0n) is 14.7. The smallest absolute Gasteiger partial charge is 0.233 e. The first-order valence-corrected chi connectivity index (χ1v) is 9.40. The molecule has 1 aliphatic carbocycles. The van der Waals surface area contributed by atoms with Gasteiger partial charge in [0.05, 0.1) is 24.5 Å². The molecular weight excluding hydrogens is 316 g/mol. The van der Waals surface area contributed by atoms with Crippen LogP contribution in [-0.4, -0.2) is 53.1 Å². The van der Waals surface area contributed by atoms with Crippen molar-refractivity contribution in [2.24, 2.45) is 0 Å². The Labute approximate surface area is 147 Å². The zero-order valence-corrected chi connectivity index (χ0v) is 14.7. The third-order valence-corrected chi connectivity index (χ3v) is 6.64. The van der Waals surface area contributed by atoms with E-state index in [1.54, 1.807) is 0 Å². The summed E-state index contributed by atoms with van der Waals surface area (Å²) in [7, 11) is 0. The van der Waals surface area contributed by atoms with Gasteiger partial charge in [0.15, 0.2) is 5.72 Å². The number of carbonyl (C=O) groups excluding carboxylic acids is 2. The third-order valence-electron chi connectivity index (χ3n) is 6.64. The molecule has 1 aromatic carbocycles. The topological polar surface area (TPSA) is 49.9 Å². The highest BCUT2D eigenvalue weighted by atomic mass is 16.5. The van der Waals surface area contributed by atoms with E-state index in [1.807, 2.05) is 9.80 Å². The average Bonchev–Trinajstić information content (AvgIpc) is 3.29. The summed E-state index contributed by atoms with van der Waals surface area (Å²) in [5.74, 6) is 0.337. The molecule has 0 unspecified atom stereocenters. The van der Waals surface area contributed by atoms with Crippen LogP contribution in [0.3, 0.4) is 0 Å². The predicted octanol–water partition coefficient (Wildman–Crippen LogP) is 1.98. The molecule has 0 bridgehead atoms. The molecule has 132 valence electrons. The Morgan fingerprint density at radius 3 is 2.64 bits per heavy atom. The predicted molar refractivity (Wildman–Crippen MR) is 91.8 cm³/mol. The molecule has 1 spiro atoms. The van der Waals surface area contributed by atoms with Gasteiger partial charge in [-0.3, -0.25) is 9.59 Å². The first-order chi connectivity index (χ1) is 12.1. The summed E-state index contributed by atoms with van der Waals surface area (Å²) in [6.45, 7) is 4.21. The van der Waals surface area contributed by atoms with Crippen molar-refractivity contribution in [2.75, 3.05) is 19.7 Å². The lowest BCUT2D eigenvalue weighted by Gasteiger charge is -2.42. The Bertz CT molecular complexity index is 740. The third kappa shape index (κ3) is 1.99. The standard InChI is InChI=1S/C20H24N2O3/c1-14-3-5-15(6-4-14)19(7-8-19)18(24)21-11-9-20-16(21)13-17(23)22(20)10-2-12-25-20/h3-6,16H,2,7-13H2,1H3/t16-,20+/m1/s1. The molecule has 1 saturated carbocycles. The number of rotatable bonds is 2. The van der Waals surface area contributed by atoms with Gasteiger partial charge in [-0.1, -0.05) is 29.8 Å². The van der Waals surface area contributed by atoms with E-state index in [4.69, 9.17) is 4.74 Å². The van der Waals surface area contributed by atoms with Gasteiger partial charge in [-0.25, -0.2) is 0 Å². The normalized spacial score (nSPS) is 32.5. The van der Waals surface area contributed by atoms with Crippen LogP contribution >= 0.6 is 0 Å². The van der Waals surface area contributed by atoms with Crippen molar-refractivity contribution in [1.29, 1.82) is 0 Å². The molecule has 5 heteroatoms.